The maximum atomic E-state index is 12.9. The summed E-state index contributed by atoms with van der Waals surface area (Å²) in [6, 6.07) is 16.9. The maximum absolute atomic E-state index is 12.9. The van der Waals surface area contributed by atoms with Crippen LogP contribution in [0.2, 0.25) is 0 Å². The molecule has 3 atom stereocenters. The molecule has 3 heterocycles. The molecule has 5 rings (SSSR count). The van der Waals surface area contributed by atoms with Crippen molar-refractivity contribution in [2.75, 3.05) is 38.5 Å². The van der Waals surface area contributed by atoms with E-state index in [2.05, 4.69) is 69.7 Å². The number of nitrogens with zero attached hydrogens (tertiary/aromatic N) is 3. The van der Waals surface area contributed by atoms with E-state index >= 15 is 0 Å². The summed E-state index contributed by atoms with van der Waals surface area (Å²) in [4.78, 5) is 34.2. The molecule has 2 fully saturated rings. The number of rotatable bonds is 5. The van der Waals surface area contributed by atoms with Gasteiger partial charge in [-0.1, -0.05) is 47.7 Å². The molecule has 0 saturated carbocycles. The van der Waals surface area contributed by atoms with E-state index in [1.54, 1.807) is 6.92 Å². The Balaban J connectivity index is 1.31. The van der Waals surface area contributed by atoms with E-state index in [4.69, 9.17) is 0 Å². The predicted molar refractivity (Wildman–Crippen MR) is 136 cm³/mol. The van der Waals surface area contributed by atoms with Crippen molar-refractivity contribution in [3.8, 4) is 0 Å². The Hall–Kier alpha value is -2.81. The summed E-state index contributed by atoms with van der Waals surface area (Å²) in [7, 11) is 2.13. The van der Waals surface area contributed by atoms with E-state index in [0.717, 1.165) is 29.7 Å². The number of nitrogens with one attached hydrogen (secondary N) is 2. The summed E-state index contributed by atoms with van der Waals surface area (Å²) in [6.07, 6.45) is 0.915. The summed E-state index contributed by atoms with van der Waals surface area (Å²) >= 11 is 1.50. The number of hydrogen-bond acceptors (Lipinski definition) is 6. The van der Waals surface area contributed by atoms with Crippen LogP contribution in [0.3, 0.4) is 0 Å². The molecule has 34 heavy (non-hydrogen) atoms. The Morgan fingerprint density at radius 2 is 1.97 bits per heavy atom. The van der Waals surface area contributed by atoms with Crippen LogP contribution in [0.1, 0.15) is 30.5 Å². The first kappa shape index (κ1) is 23.0. The van der Waals surface area contributed by atoms with Crippen molar-refractivity contribution in [1.82, 2.24) is 20.1 Å². The molecule has 0 unspecified atom stereocenters. The smallest absolute Gasteiger partial charge is 0.240 e. The lowest BCUT2D eigenvalue weighted by atomic mass is 9.75. The summed E-state index contributed by atoms with van der Waals surface area (Å²) in [6.45, 7) is 6.14. The number of likely N-dealkylation sites (tertiary alicyclic amines) is 2. The molecule has 0 bridgehead atoms. The van der Waals surface area contributed by atoms with Gasteiger partial charge in [0.2, 0.25) is 11.8 Å². The van der Waals surface area contributed by atoms with Crippen molar-refractivity contribution in [2.24, 2.45) is 5.92 Å². The molecule has 178 valence electrons. The highest BCUT2D eigenvalue weighted by molar-refractivity contribution is 7.22. The van der Waals surface area contributed by atoms with Gasteiger partial charge in [0.25, 0.3) is 0 Å². The van der Waals surface area contributed by atoms with Gasteiger partial charge in [0.05, 0.1) is 22.3 Å². The lowest BCUT2D eigenvalue weighted by molar-refractivity contribution is -0.122. The van der Waals surface area contributed by atoms with Crippen LogP contribution in [0.5, 0.6) is 0 Å². The fraction of sp³-hybridized carbons (Fsp3) is 0.423. The first-order valence-corrected chi connectivity index (χ1v) is 12.6. The molecule has 7 nitrogen and oxygen atoms in total. The van der Waals surface area contributed by atoms with Gasteiger partial charge in [-0.2, -0.15) is 0 Å². The van der Waals surface area contributed by atoms with E-state index in [0.29, 0.717) is 11.7 Å². The Bertz CT molecular complexity index is 1210. The van der Waals surface area contributed by atoms with Gasteiger partial charge >= 0.3 is 0 Å². The topological polar surface area (TPSA) is 77.6 Å². The van der Waals surface area contributed by atoms with Crippen LogP contribution in [0, 0.1) is 12.8 Å². The molecule has 0 spiro atoms. The molecule has 2 saturated heterocycles. The zero-order valence-electron chi connectivity index (χ0n) is 19.9. The number of aromatic nitrogens is 1. The van der Waals surface area contributed by atoms with Crippen molar-refractivity contribution in [3.63, 3.8) is 0 Å². The minimum absolute atomic E-state index is 0.0248. The minimum atomic E-state index is -0.382. The van der Waals surface area contributed by atoms with E-state index in [-0.39, 0.29) is 35.9 Å². The second-order valence-corrected chi connectivity index (χ2v) is 10.8. The number of carbonyl (C=O) groups excluding carboxylic acids is 2. The van der Waals surface area contributed by atoms with Crippen molar-refractivity contribution < 1.29 is 9.59 Å². The molecule has 1 aromatic heterocycles. The fourth-order valence-electron chi connectivity index (χ4n) is 5.91. The van der Waals surface area contributed by atoms with Crippen LogP contribution < -0.4 is 10.6 Å². The zero-order valence-corrected chi connectivity index (χ0v) is 20.7. The van der Waals surface area contributed by atoms with Gasteiger partial charge < -0.3 is 10.6 Å². The molecule has 0 aliphatic carbocycles. The van der Waals surface area contributed by atoms with Gasteiger partial charge in [-0.05, 0) is 50.2 Å². The average Bonchev–Trinajstić information content (AvgIpc) is 3.29. The number of likely N-dealkylation sites (N-methyl/N-ethyl adjacent to an activating group) is 1. The second kappa shape index (κ2) is 9.09. The third kappa shape index (κ3) is 4.45. The first-order valence-electron chi connectivity index (χ1n) is 11.8. The van der Waals surface area contributed by atoms with Crippen LogP contribution in [0.15, 0.2) is 48.5 Å². The molecule has 3 aromatic rings. The predicted octanol–water partition coefficient (Wildman–Crippen LogP) is 3.43. The molecule has 2 amide bonds. The third-order valence-corrected chi connectivity index (χ3v) is 8.02. The number of aryl methyl sites for hydroxylation is 1. The normalized spacial score (nSPS) is 25.3. The highest BCUT2D eigenvalue weighted by Gasteiger charge is 2.54. The lowest BCUT2D eigenvalue weighted by Crippen LogP contribution is -2.64. The number of hydrogen-bond donors (Lipinski definition) is 2. The van der Waals surface area contributed by atoms with Crippen LogP contribution >= 0.6 is 11.3 Å². The molecule has 0 radical (unpaired) electrons. The summed E-state index contributed by atoms with van der Waals surface area (Å²) in [5, 5.41) is 6.91. The zero-order chi connectivity index (χ0) is 23.9. The summed E-state index contributed by atoms with van der Waals surface area (Å²) < 4.78 is 1.07. The van der Waals surface area contributed by atoms with Gasteiger partial charge in [-0.15, -0.1) is 0 Å². The van der Waals surface area contributed by atoms with Gasteiger partial charge in [0.1, 0.15) is 0 Å². The van der Waals surface area contributed by atoms with Crippen LogP contribution in [0.4, 0.5) is 5.13 Å². The van der Waals surface area contributed by atoms with Crippen LogP contribution in [-0.4, -0.2) is 65.4 Å². The molecule has 2 aliphatic heterocycles. The third-order valence-electron chi connectivity index (χ3n) is 7.08. The maximum Gasteiger partial charge on any atom is 0.240 e. The number of amides is 2. The molecule has 8 heteroatoms. The number of thiazole rings is 1. The Labute approximate surface area is 204 Å². The average molecular weight is 478 g/mol. The van der Waals surface area contributed by atoms with Crippen molar-refractivity contribution in [3.05, 3.63) is 59.7 Å². The van der Waals surface area contributed by atoms with Crippen molar-refractivity contribution in [2.45, 2.75) is 31.8 Å². The quantitative estimate of drug-likeness (QED) is 0.589. The van der Waals surface area contributed by atoms with Gasteiger partial charge in [0, 0.05) is 32.0 Å². The van der Waals surface area contributed by atoms with Crippen molar-refractivity contribution in [1.29, 1.82) is 0 Å². The lowest BCUT2D eigenvalue weighted by Gasteiger charge is -2.45. The highest BCUT2D eigenvalue weighted by atomic mass is 32.1. The number of anilines is 1. The van der Waals surface area contributed by atoms with Gasteiger partial charge in [0.15, 0.2) is 5.13 Å². The van der Waals surface area contributed by atoms with E-state index in [1.165, 1.54) is 22.5 Å². The SMILES string of the molecule is CC(=O)N[C@@]12CN(CC(=O)Nc3nc4ccc(C)cc4s3)CC[C@@H]1[C@@H](c1ccccc1)N(C)C2. The molecule has 2 N–H and O–H groups in total. The van der Waals surface area contributed by atoms with E-state index in [1.807, 2.05) is 18.2 Å². The highest BCUT2D eigenvalue weighted by Crippen LogP contribution is 2.46. The molecule has 2 aliphatic rings. The molecule has 2 aromatic carbocycles. The van der Waals surface area contributed by atoms with Gasteiger partial charge in [-0.25, -0.2) is 4.98 Å². The largest absolute Gasteiger partial charge is 0.348 e. The Kier molecular flexibility index (Phi) is 6.14. The first-order chi connectivity index (χ1) is 16.3. The van der Waals surface area contributed by atoms with E-state index in [9.17, 15) is 9.59 Å². The standard InChI is InChI=1S/C26H31N5O2S/c1-17-9-10-21-22(13-17)34-25(27-21)28-23(33)14-31-12-11-20-24(19-7-5-4-6-8-19)30(3)15-26(20,16-31)29-18(2)32/h4-10,13,20,24H,11-12,14-16H2,1-3H3,(H,29,32)(H,27,28,33)/t20-,24-,26+/m1/s1. The number of benzene rings is 2. The molecular formula is C26H31N5O2S. The Morgan fingerprint density at radius 1 is 1.18 bits per heavy atom. The number of carbonyl (C=O) groups is 2. The van der Waals surface area contributed by atoms with Crippen LogP contribution in [0.25, 0.3) is 10.2 Å². The summed E-state index contributed by atoms with van der Waals surface area (Å²) in [5.41, 5.74) is 2.97. The van der Waals surface area contributed by atoms with Crippen LogP contribution in [-0.2, 0) is 9.59 Å². The minimum Gasteiger partial charge on any atom is -0.348 e. The second-order valence-electron chi connectivity index (χ2n) is 9.75. The molecular weight excluding hydrogens is 446 g/mol. The van der Waals surface area contributed by atoms with Crippen molar-refractivity contribution >= 4 is 38.5 Å². The fourth-order valence-corrected chi connectivity index (χ4v) is 6.89. The number of piperidine rings is 1. The van der Waals surface area contributed by atoms with Gasteiger partial charge in [-0.3, -0.25) is 19.4 Å². The monoisotopic (exact) mass is 477 g/mol. The Morgan fingerprint density at radius 3 is 2.74 bits per heavy atom. The summed E-state index contributed by atoms with van der Waals surface area (Å²) in [5.74, 6) is 0.192. The van der Waals surface area contributed by atoms with E-state index < -0.39 is 0 Å². The number of fused-ring (bicyclic) bond motifs is 2.